The smallest absolute Gasteiger partial charge is 0.166 e. The Hall–Kier alpha value is -3.84. The van der Waals surface area contributed by atoms with Crippen molar-refractivity contribution in [3.63, 3.8) is 0 Å². The van der Waals surface area contributed by atoms with Crippen molar-refractivity contribution in [3.05, 3.63) is 141 Å². The maximum absolute atomic E-state index is 6.42. The Bertz CT molecular complexity index is 1620. The van der Waals surface area contributed by atoms with Crippen LogP contribution in [-0.4, -0.2) is 68.9 Å². The van der Waals surface area contributed by atoms with Crippen molar-refractivity contribution >= 4 is 51.5 Å². The molecule has 7 rings (SSSR count). The van der Waals surface area contributed by atoms with E-state index in [0.717, 1.165) is 111 Å². The van der Waals surface area contributed by atoms with Crippen molar-refractivity contribution < 1.29 is 0 Å². The summed E-state index contributed by atoms with van der Waals surface area (Å²) in [7, 11) is 0. The third-order valence-corrected chi connectivity index (χ3v) is 10.7. The molecule has 0 amide bonds. The summed E-state index contributed by atoms with van der Waals surface area (Å²) in [6, 6.07) is 24.0. The van der Waals surface area contributed by atoms with Crippen molar-refractivity contribution in [3.8, 4) is 0 Å². The lowest BCUT2D eigenvalue weighted by Gasteiger charge is -2.27. The Balaban J connectivity index is 1.47. The summed E-state index contributed by atoms with van der Waals surface area (Å²) in [6.07, 6.45) is 17.5. The van der Waals surface area contributed by atoms with Gasteiger partial charge in [0.25, 0.3) is 0 Å². The molecular formula is C42H45Cl3N6. The van der Waals surface area contributed by atoms with Crippen LogP contribution in [0.15, 0.2) is 91.4 Å². The average molecular weight is 740 g/mol. The molecule has 264 valence electrons. The van der Waals surface area contributed by atoms with Crippen LogP contribution >= 0.6 is 34.8 Å². The molecule has 0 atom stereocenters. The van der Waals surface area contributed by atoms with E-state index in [1.54, 1.807) is 0 Å². The second-order valence-corrected chi connectivity index (χ2v) is 15.1. The Morgan fingerprint density at radius 2 is 0.608 bits per heavy atom. The quantitative estimate of drug-likeness (QED) is 0.170. The molecule has 3 fully saturated rings. The van der Waals surface area contributed by atoms with Crippen LogP contribution in [-0.2, 0) is 0 Å². The third-order valence-electron chi connectivity index (χ3n) is 9.93. The molecule has 0 radical (unpaired) electrons. The van der Waals surface area contributed by atoms with Gasteiger partial charge in [-0.25, -0.2) is 15.0 Å². The number of hydrogen-bond donors (Lipinski definition) is 0. The molecule has 0 N–H and O–H groups in total. The van der Waals surface area contributed by atoms with Gasteiger partial charge in [-0.2, -0.15) is 0 Å². The molecule has 0 unspecified atom stereocenters. The van der Waals surface area contributed by atoms with Gasteiger partial charge in [0.15, 0.2) is 17.5 Å². The molecule has 0 bridgehead atoms. The van der Waals surface area contributed by atoms with Gasteiger partial charge in [-0.3, -0.25) is 0 Å². The van der Waals surface area contributed by atoms with Crippen LogP contribution in [0.2, 0.25) is 15.1 Å². The Morgan fingerprint density at radius 3 is 0.843 bits per heavy atom. The van der Waals surface area contributed by atoms with E-state index in [0.29, 0.717) is 32.5 Å². The number of nitrogens with zero attached hydrogens (tertiary/aromatic N) is 6. The normalized spacial score (nSPS) is 17.9. The number of hydrogen-bond acceptors (Lipinski definition) is 6. The molecule has 4 aromatic rings. The summed E-state index contributed by atoms with van der Waals surface area (Å²) >= 11 is 19.3. The van der Waals surface area contributed by atoms with Crippen molar-refractivity contribution in [2.75, 3.05) is 39.3 Å². The molecule has 6 nitrogen and oxygen atoms in total. The minimum atomic E-state index is 0.625. The summed E-state index contributed by atoms with van der Waals surface area (Å²) in [6.45, 7) is 5.99. The first-order chi connectivity index (χ1) is 25.0. The Labute approximate surface area is 317 Å². The fourth-order valence-electron chi connectivity index (χ4n) is 7.10. The topological polar surface area (TPSA) is 48.4 Å². The zero-order chi connectivity index (χ0) is 35.0. The maximum atomic E-state index is 6.42. The lowest BCUT2D eigenvalue weighted by molar-refractivity contribution is 0.310. The fraction of sp³-hybridized carbons (Fsp3) is 0.357. The molecule has 9 heteroatoms. The molecule has 3 saturated heterocycles. The highest BCUT2D eigenvalue weighted by Crippen LogP contribution is 2.32. The summed E-state index contributed by atoms with van der Waals surface area (Å²) < 4.78 is 0. The van der Waals surface area contributed by atoms with Gasteiger partial charge in [0, 0.05) is 89.7 Å². The molecule has 3 aromatic carbocycles. The van der Waals surface area contributed by atoms with E-state index in [9.17, 15) is 0 Å². The Kier molecular flexibility index (Phi) is 11.9. The molecule has 4 heterocycles. The van der Waals surface area contributed by atoms with E-state index in [2.05, 4.69) is 69.7 Å². The highest BCUT2D eigenvalue weighted by atomic mass is 35.5. The third kappa shape index (κ3) is 9.34. The van der Waals surface area contributed by atoms with Crippen LogP contribution < -0.4 is 0 Å². The van der Waals surface area contributed by atoms with Gasteiger partial charge in [-0.15, -0.1) is 0 Å². The number of likely N-dealkylation sites (tertiary alicyclic amines) is 3. The standard InChI is InChI=1S/C42H45Cl3N6/c43-34-16-10-31(11-17-34)37(28-49-22-4-1-5-23-49)40-46-41(38(29-50-24-6-2-7-25-50)32-12-18-35(44)19-13-32)48-42(47-40)39(30-51-26-8-3-9-27-51)33-14-20-36(45)21-15-33/h10-21,28-30H,1-9,22-27H2/b37-28-,38-29-,39-30-. The van der Waals surface area contributed by atoms with E-state index in [-0.39, 0.29) is 0 Å². The largest absolute Gasteiger partial charge is 0.377 e. The number of aromatic nitrogens is 3. The molecule has 3 aliphatic heterocycles. The molecule has 0 saturated carbocycles. The van der Waals surface area contributed by atoms with E-state index in [1.165, 1.54) is 19.3 Å². The zero-order valence-electron chi connectivity index (χ0n) is 29.1. The molecular weight excluding hydrogens is 695 g/mol. The average Bonchev–Trinajstić information content (AvgIpc) is 3.17. The second-order valence-electron chi connectivity index (χ2n) is 13.7. The predicted octanol–water partition coefficient (Wildman–Crippen LogP) is 10.5. The molecule has 0 spiro atoms. The second kappa shape index (κ2) is 17.1. The monoisotopic (exact) mass is 738 g/mol. The van der Waals surface area contributed by atoms with Gasteiger partial charge in [-0.05, 0) is 111 Å². The first-order valence-corrected chi connectivity index (χ1v) is 19.5. The van der Waals surface area contributed by atoms with Gasteiger partial charge >= 0.3 is 0 Å². The first kappa shape index (κ1) is 35.6. The highest BCUT2D eigenvalue weighted by Gasteiger charge is 2.23. The van der Waals surface area contributed by atoms with E-state index in [1.807, 2.05) is 36.4 Å². The predicted molar refractivity (Wildman–Crippen MR) is 212 cm³/mol. The number of rotatable bonds is 9. The van der Waals surface area contributed by atoms with Gasteiger partial charge < -0.3 is 14.7 Å². The van der Waals surface area contributed by atoms with Crippen LogP contribution in [0.3, 0.4) is 0 Å². The summed E-state index contributed by atoms with van der Waals surface area (Å²) in [5.74, 6) is 1.87. The molecule has 3 aliphatic rings. The van der Waals surface area contributed by atoms with Crippen LogP contribution in [0.4, 0.5) is 0 Å². The maximum Gasteiger partial charge on any atom is 0.166 e. The number of piperidine rings is 3. The zero-order valence-corrected chi connectivity index (χ0v) is 31.4. The minimum Gasteiger partial charge on any atom is -0.377 e. The van der Waals surface area contributed by atoms with Gasteiger partial charge in [0.05, 0.1) is 0 Å². The molecule has 1 aromatic heterocycles. The SMILES string of the molecule is Clc1ccc(/C(=C/N2CCCCC2)c2nc(/C(=C\N3CCCCC3)c3ccc(Cl)cc3)nc(/C(=C\N3CCCCC3)c3ccc(Cl)cc3)n2)cc1. The van der Waals surface area contributed by atoms with E-state index >= 15 is 0 Å². The van der Waals surface area contributed by atoms with Gasteiger partial charge in [-0.1, -0.05) is 71.2 Å². The molecule has 51 heavy (non-hydrogen) atoms. The van der Waals surface area contributed by atoms with Crippen molar-refractivity contribution in [2.24, 2.45) is 0 Å². The summed E-state index contributed by atoms with van der Waals surface area (Å²) in [5.41, 5.74) is 5.86. The van der Waals surface area contributed by atoms with Crippen LogP contribution in [0.1, 0.15) is 92.0 Å². The summed E-state index contributed by atoms with van der Waals surface area (Å²) in [4.78, 5) is 23.3. The van der Waals surface area contributed by atoms with Crippen LogP contribution in [0, 0.1) is 0 Å². The highest BCUT2D eigenvalue weighted by molar-refractivity contribution is 6.31. The minimum absolute atomic E-state index is 0.625. The van der Waals surface area contributed by atoms with Crippen molar-refractivity contribution in [1.82, 2.24) is 29.7 Å². The summed E-state index contributed by atoms with van der Waals surface area (Å²) in [5, 5.41) is 2.08. The van der Waals surface area contributed by atoms with E-state index in [4.69, 9.17) is 49.8 Å². The van der Waals surface area contributed by atoms with Crippen LogP contribution in [0.25, 0.3) is 16.7 Å². The number of benzene rings is 3. The fourth-order valence-corrected chi connectivity index (χ4v) is 7.48. The Morgan fingerprint density at radius 1 is 0.373 bits per heavy atom. The van der Waals surface area contributed by atoms with E-state index < -0.39 is 0 Å². The van der Waals surface area contributed by atoms with Crippen molar-refractivity contribution in [2.45, 2.75) is 57.8 Å². The van der Waals surface area contributed by atoms with Crippen molar-refractivity contribution in [1.29, 1.82) is 0 Å². The van der Waals surface area contributed by atoms with Gasteiger partial charge in [0.2, 0.25) is 0 Å². The van der Waals surface area contributed by atoms with Gasteiger partial charge in [0.1, 0.15) is 0 Å². The van der Waals surface area contributed by atoms with Crippen LogP contribution in [0.5, 0.6) is 0 Å². The first-order valence-electron chi connectivity index (χ1n) is 18.4. The number of halogens is 3. The molecule has 0 aliphatic carbocycles. The lowest BCUT2D eigenvalue weighted by atomic mass is 10.0. The lowest BCUT2D eigenvalue weighted by Crippen LogP contribution is -2.26.